The summed E-state index contributed by atoms with van der Waals surface area (Å²) in [6.07, 6.45) is 1.34. The van der Waals surface area contributed by atoms with Crippen molar-refractivity contribution < 1.29 is 23.4 Å². The molecule has 1 N–H and O–H groups in total. The summed E-state index contributed by atoms with van der Waals surface area (Å²) in [5.74, 6) is 0.519. The molecule has 0 aliphatic rings. The number of carbonyl (C=O) groups is 1. The third-order valence-electron chi connectivity index (χ3n) is 4.23. The second-order valence-corrected chi connectivity index (χ2v) is 6.07. The lowest BCUT2D eigenvalue weighted by molar-refractivity contribution is 0.187. The summed E-state index contributed by atoms with van der Waals surface area (Å²) in [6.45, 7) is 0. The summed E-state index contributed by atoms with van der Waals surface area (Å²) in [4.78, 5) is 20.1. The lowest BCUT2D eigenvalue weighted by Crippen LogP contribution is -2.12. The molecule has 0 unspecified atom stereocenters. The average molecular weight is 397 g/mol. The molecule has 29 heavy (non-hydrogen) atoms. The van der Waals surface area contributed by atoms with E-state index in [0.717, 1.165) is 11.3 Å². The van der Waals surface area contributed by atoms with Gasteiger partial charge in [-0.25, -0.2) is 19.2 Å². The highest BCUT2D eigenvalue weighted by molar-refractivity contribution is 5.86. The Bertz CT molecular complexity index is 1030. The fourth-order valence-corrected chi connectivity index (χ4v) is 2.85. The summed E-state index contributed by atoms with van der Waals surface area (Å²) in [5, 5.41) is 2.62. The minimum atomic E-state index is -0.590. The maximum atomic E-state index is 13.5. The zero-order chi connectivity index (χ0) is 20.8. The molecule has 7 nitrogen and oxygen atoms in total. The monoisotopic (exact) mass is 397 g/mol. The number of benzene rings is 2. The number of anilines is 1. The Morgan fingerprint density at radius 1 is 1.00 bits per heavy atom. The lowest BCUT2D eigenvalue weighted by Gasteiger charge is -2.12. The molecule has 0 saturated heterocycles. The van der Waals surface area contributed by atoms with Crippen LogP contribution in [0.4, 0.5) is 14.9 Å². The Morgan fingerprint density at radius 2 is 1.79 bits per heavy atom. The topological polar surface area (TPSA) is 82.6 Å². The summed E-state index contributed by atoms with van der Waals surface area (Å²) in [6, 6.07) is 11.5. The molecule has 0 aliphatic carbocycles. The van der Waals surface area contributed by atoms with Gasteiger partial charge >= 0.3 is 6.09 Å². The number of carbonyl (C=O) groups excluding carboxylic acids is 1. The summed E-state index contributed by atoms with van der Waals surface area (Å²) >= 11 is 0. The molecule has 0 bridgehead atoms. The van der Waals surface area contributed by atoms with Gasteiger partial charge in [0.25, 0.3) is 0 Å². The number of hydrogen-bond acceptors (Lipinski definition) is 6. The van der Waals surface area contributed by atoms with Crippen LogP contribution in [0.3, 0.4) is 0 Å². The van der Waals surface area contributed by atoms with Gasteiger partial charge in [0.15, 0.2) is 0 Å². The molecule has 3 rings (SSSR count). The molecular formula is C21H20FN3O4. The Morgan fingerprint density at radius 3 is 2.52 bits per heavy atom. The van der Waals surface area contributed by atoms with E-state index in [1.54, 1.807) is 18.2 Å². The summed E-state index contributed by atoms with van der Waals surface area (Å²) in [5.41, 5.74) is 3.42. The standard InChI is InChI=1S/C21H20FN3O4/c1-27-19-7-4-13(9-18(19)25-21(26)29-3)8-15-11-17(24-12-23-15)16-6-5-14(22)10-20(16)28-2/h4-7,9-12H,8H2,1-3H3,(H,25,26). The number of aromatic nitrogens is 2. The highest BCUT2D eigenvalue weighted by atomic mass is 19.1. The maximum Gasteiger partial charge on any atom is 0.411 e. The molecule has 1 aromatic heterocycles. The van der Waals surface area contributed by atoms with Crippen molar-refractivity contribution in [3.05, 3.63) is 65.9 Å². The summed E-state index contributed by atoms with van der Waals surface area (Å²) in [7, 11) is 4.29. The molecule has 0 radical (unpaired) electrons. The normalized spacial score (nSPS) is 10.3. The number of ether oxygens (including phenoxy) is 3. The molecular weight excluding hydrogens is 377 g/mol. The van der Waals surface area contributed by atoms with E-state index in [0.29, 0.717) is 34.9 Å². The smallest absolute Gasteiger partial charge is 0.411 e. The number of halogens is 1. The van der Waals surface area contributed by atoms with Gasteiger partial charge in [-0.2, -0.15) is 0 Å². The van der Waals surface area contributed by atoms with Crippen LogP contribution in [0.25, 0.3) is 11.3 Å². The first-order chi connectivity index (χ1) is 14.0. The molecule has 150 valence electrons. The maximum absolute atomic E-state index is 13.5. The Labute approximate surface area is 167 Å². The average Bonchev–Trinajstić information content (AvgIpc) is 2.74. The van der Waals surface area contributed by atoms with Crippen LogP contribution in [0.1, 0.15) is 11.3 Å². The van der Waals surface area contributed by atoms with Gasteiger partial charge in [0.05, 0.1) is 32.7 Å². The minimum absolute atomic E-state index is 0.385. The largest absolute Gasteiger partial charge is 0.496 e. The van der Waals surface area contributed by atoms with Crippen LogP contribution in [0, 0.1) is 5.82 Å². The van der Waals surface area contributed by atoms with Gasteiger partial charge in [-0.15, -0.1) is 0 Å². The number of rotatable bonds is 6. The second-order valence-electron chi connectivity index (χ2n) is 6.07. The third kappa shape index (κ3) is 4.78. The van der Waals surface area contributed by atoms with Crippen molar-refractivity contribution in [2.24, 2.45) is 0 Å². The van der Waals surface area contributed by atoms with E-state index in [1.165, 1.54) is 39.8 Å². The van der Waals surface area contributed by atoms with Crippen LogP contribution >= 0.6 is 0 Å². The third-order valence-corrected chi connectivity index (χ3v) is 4.23. The Hall–Kier alpha value is -3.68. The highest BCUT2D eigenvalue weighted by Gasteiger charge is 2.12. The lowest BCUT2D eigenvalue weighted by atomic mass is 10.1. The SMILES string of the molecule is COC(=O)Nc1cc(Cc2cc(-c3ccc(F)cc3OC)ncn2)ccc1OC. The first-order valence-electron chi connectivity index (χ1n) is 8.70. The van der Waals surface area contributed by atoms with E-state index in [9.17, 15) is 9.18 Å². The fourth-order valence-electron chi connectivity index (χ4n) is 2.85. The molecule has 0 aliphatic heterocycles. The molecule has 8 heteroatoms. The number of methoxy groups -OCH3 is 3. The van der Waals surface area contributed by atoms with E-state index in [-0.39, 0.29) is 5.82 Å². The van der Waals surface area contributed by atoms with Gasteiger partial charge < -0.3 is 14.2 Å². The van der Waals surface area contributed by atoms with Gasteiger partial charge in [0, 0.05) is 23.7 Å². The van der Waals surface area contributed by atoms with Crippen molar-refractivity contribution in [2.75, 3.05) is 26.6 Å². The number of hydrogen-bond donors (Lipinski definition) is 1. The van der Waals surface area contributed by atoms with Crippen LogP contribution < -0.4 is 14.8 Å². The molecule has 3 aromatic rings. The van der Waals surface area contributed by atoms with Crippen molar-refractivity contribution in [3.63, 3.8) is 0 Å². The van der Waals surface area contributed by atoms with E-state index in [1.807, 2.05) is 12.1 Å². The zero-order valence-electron chi connectivity index (χ0n) is 16.2. The van der Waals surface area contributed by atoms with Crippen molar-refractivity contribution in [1.82, 2.24) is 9.97 Å². The quantitative estimate of drug-likeness (QED) is 0.675. The molecule has 0 saturated carbocycles. The number of amides is 1. The number of nitrogens with zero attached hydrogens (tertiary/aromatic N) is 2. The molecule has 2 aromatic carbocycles. The summed E-state index contributed by atoms with van der Waals surface area (Å²) < 4.78 is 28.6. The fraction of sp³-hybridized carbons (Fsp3) is 0.190. The van der Waals surface area contributed by atoms with Gasteiger partial charge in [0.1, 0.15) is 23.6 Å². The zero-order valence-corrected chi connectivity index (χ0v) is 16.2. The second kappa shape index (κ2) is 9.01. The van der Waals surface area contributed by atoms with Crippen molar-refractivity contribution in [3.8, 4) is 22.8 Å². The molecule has 0 spiro atoms. The Balaban J connectivity index is 1.89. The van der Waals surface area contributed by atoms with Crippen molar-refractivity contribution >= 4 is 11.8 Å². The van der Waals surface area contributed by atoms with Gasteiger partial charge in [-0.3, -0.25) is 5.32 Å². The first kappa shape index (κ1) is 20.1. The highest BCUT2D eigenvalue weighted by Crippen LogP contribution is 2.30. The van der Waals surface area contributed by atoms with Crippen LogP contribution in [0.5, 0.6) is 11.5 Å². The molecule has 1 amide bonds. The Kier molecular flexibility index (Phi) is 6.23. The minimum Gasteiger partial charge on any atom is -0.496 e. The van der Waals surface area contributed by atoms with Gasteiger partial charge in [-0.1, -0.05) is 6.07 Å². The van der Waals surface area contributed by atoms with E-state index in [2.05, 4.69) is 20.0 Å². The van der Waals surface area contributed by atoms with E-state index >= 15 is 0 Å². The molecule has 0 atom stereocenters. The van der Waals surface area contributed by atoms with Crippen LogP contribution in [0.2, 0.25) is 0 Å². The van der Waals surface area contributed by atoms with E-state index in [4.69, 9.17) is 9.47 Å². The first-order valence-corrected chi connectivity index (χ1v) is 8.70. The molecule has 1 heterocycles. The van der Waals surface area contributed by atoms with Crippen LogP contribution in [-0.4, -0.2) is 37.4 Å². The van der Waals surface area contributed by atoms with E-state index < -0.39 is 6.09 Å². The predicted molar refractivity (Wildman–Crippen MR) is 106 cm³/mol. The van der Waals surface area contributed by atoms with Gasteiger partial charge in [0.2, 0.25) is 0 Å². The van der Waals surface area contributed by atoms with Crippen molar-refractivity contribution in [1.29, 1.82) is 0 Å². The van der Waals surface area contributed by atoms with Crippen LogP contribution in [0.15, 0.2) is 48.8 Å². The van der Waals surface area contributed by atoms with Gasteiger partial charge in [-0.05, 0) is 35.9 Å². The van der Waals surface area contributed by atoms with Crippen molar-refractivity contribution in [2.45, 2.75) is 6.42 Å². The number of nitrogens with one attached hydrogen (secondary N) is 1. The molecule has 0 fully saturated rings. The van der Waals surface area contributed by atoms with Crippen LogP contribution in [-0.2, 0) is 11.2 Å². The predicted octanol–water partition coefficient (Wildman–Crippen LogP) is 4.07.